The van der Waals surface area contributed by atoms with Crippen LogP contribution in [0.5, 0.6) is 0 Å². The molecule has 7 heteroatoms. The first kappa shape index (κ1) is 14.1. The summed E-state index contributed by atoms with van der Waals surface area (Å²) < 4.78 is 10.6. The fraction of sp³-hybridized carbons (Fsp3) is 0.833. The quantitative estimate of drug-likeness (QED) is 0.741. The summed E-state index contributed by atoms with van der Waals surface area (Å²) in [5.41, 5.74) is -1.70. The number of morpholine rings is 1. The van der Waals surface area contributed by atoms with E-state index in [0.717, 1.165) is 0 Å². The average Bonchev–Trinajstić information content (AvgIpc) is 2.77. The number of hydrogen-bond acceptors (Lipinski definition) is 4. The smallest absolute Gasteiger partial charge is 0.332 e. The van der Waals surface area contributed by atoms with Crippen molar-refractivity contribution in [3.8, 4) is 0 Å². The van der Waals surface area contributed by atoms with Crippen LogP contribution in [0.25, 0.3) is 0 Å². The number of urea groups is 1. The van der Waals surface area contributed by atoms with E-state index in [1.807, 2.05) is 13.8 Å². The normalized spacial score (nSPS) is 30.1. The average molecular weight is 272 g/mol. The van der Waals surface area contributed by atoms with E-state index in [2.05, 4.69) is 5.32 Å². The van der Waals surface area contributed by atoms with Crippen molar-refractivity contribution in [2.24, 2.45) is 0 Å². The highest BCUT2D eigenvalue weighted by Gasteiger charge is 2.45. The number of carboxylic acids is 1. The lowest BCUT2D eigenvalue weighted by molar-refractivity contribution is -0.144. The fourth-order valence-corrected chi connectivity index (χ4v) is 2.36. The summed E-state index contributed by atoms with van der Waals surface area (Å²) in [4.78, 5) is 25.1. The molecule has 0 aromatic rings. The molecular formula is C12H20N2O5. The molecular weight excluding hydrogens is 252 g/mol. The Morgan fingerprint density at radius 1 is 1.32 bits per heavy atom. The molecule has 0 aliphatic carbocycles. The first-order chi connectivity index (χ1) is 8.85. The number of aliphatic carboxylic acids is 1. The number of nitrogens with zero attached hydrogens (tertiary/aromatic N) is 1. The van der Waals surface area contributed by atoms with Gasteiger partial charge in [-0.15, -0.1) is 0 Å². The molecule has 1 unspecified atom stereocenters. The highest BCUT2D eigenvalue weighted by molar-refractivity contribution is 5.86. The van der Waals surface area contributed by atoms with Crippen LogP contribution in [0.3, 0.4) is 0 Å². The largest absolute Gasteiger partial charge is 0.479 e. The minimum atomic E-state index is -1.29. The minimum Gasteiger partial charge on any atom is -0.479 e. The van der Waals surface area contributed by atoms with Crippen molar-refractivity contribution >= 4 is 12.0 Å². The summed E-state index contributed by atoms with van der Waals surface area (Å²) in [6.45, 7) is 5.53. The van der Waals surface area contributed by atoms with Crippen molar-refractivity contribution in [2.45, 2.75) is 31.4 Å². The summed E-state index contributed by atoms with van der Waals surface area (Å²) >= 11 is 0. The predicted molar refractivity (Wildman–Crippen MR) is 65.9 cm³/mol. The fourth-order valence-electron chi connectivity index (χ4n) is 2.36. The van der Waals surface area contributed by atoms with E-state index in [1.165, 1.54) is 0 Å². The molecule has 0 aromatic heterocycles. The highest BCUT2D eigenvalue weighted by atomic mass is 16.5. The molecule has 0 bridgehead atoms. The molecule has 2 aliphatic rings. The van der Waals surface area contributed by atoms with E-state index in [-0.39, 0.29) is 12.6 Å². The number of nitrogens with one attached hydrogen (secondary N) is 1. The Kier molecular flexibility index (Phi) is 3.69. The van der Waals surface area contributed by atoms with Crippen molar-refractivity contribution in [1.82, 2.24) is 10.2 Å². The van der Waals surface area contributed by atoms with Crippen LogP contribution >= 0.6 is 0 Å². The summed E-state index contributed by atoms with van der Waals surface area (Å²) in [6.07, 6.45) is 0.293. The lowest BCUT2D eigenvalue weighted by Crippen LogP contribution is -2.61. The Bertz CT molecular complexity index is 376. The Hall–Kier alpha value is -1.34. The van der Waals surface area contributed by atoms with Gasteiger partial charge in [-0.2, -0.15) is 0 Å². The molecule has 7 nitrogen and oxygen atoms in total. The molecule has 2 aliphatic heterocycles. The zero-order chi connectivity index (χ0) is 14.1. The molecule has 0 radical (unpaired) electrons. The minimum absolute atomic E-state index is 0.0157. The number of carbonyl (C=O) groups excluding carboxylic acids is 1. The van der Waals surface area contributed by atoms with E-state index >= 15 is 0 Å². The Morgan fingerprint density at radius 2 is 2.05 bits per heavy atom. The second-order valence-corrected chi connectivity index (χ2v) is 5.65. The van der Waals surface area contributed by atoms with E-state index in [0.29, 0.717) is 32.7 Å². The molecule has 2 saturated heterocycles. The number of carbonyl (C=O) groups is 2. The van der Waals surface area contributed by atoms with Gasteiger partial charge in [0.1, 0.15) is 0 Å². The van der Waals surface area contributed by atoms with Gasteiger partial charge in [0.25, 0.3) is 0 Å². The van der Waals surface area contributed by atoms with E-state index in [1.54, 1.807) is 4.90 Å². The van der Waals surface area contributed by atoms with Crippen LogP contribution in [-0.2, 0) is 14.3 Å². The summed E-state index contributed by atoms with van der Waals surface area (Å²) in [7, 11) is 0. The van der Waals surface area contributed by atoms with Crippen molar-refractivity contribution in [3.63, 3.8) is 0 Å². The topological polar surface area (TPSA) is 88.1 Å². The van der Waals surface area contributed by atoms with Crippen LogP contribution in [0.1, 0.15) is 20.3 Å². The third-order valence-corrected chi connectivity index (χ3v) is 3.49. The second kappa shape index (κ2) is 4.97. The maximum absolute atomic E-state index is 12.2. The Balaban J connectivity index is 2.02. The molecule has 2 N–H and O–H groups in total. The number of carboxylic acid groups (broad SMARTS) is 1. The van der Waals surface area contributed by atoms with Crippen molar-refractivity contribution < 1.29 is 24.2 Å². The molecule has 0 aromatic carbocycles. The lowest BCUT2D eigenvalue weighted by atomic mass is 9.99. The number of ether oxygens (including phenoxy) is 2. The summed E-state index contributed by atoms with van der Waals surface area (Å²) in [6, 6.07) is -0.371. The van der Waals surface area contributed by atoms with Gasteiger partial charge in [-0.3, -0.25) is 0 Å². The standard InChI is InChI=1S/C12H20N2O5/c1-11(2)7-14(4-6-19-11)10(17)13-12(9(15)16)3-5-18-8-12/h3-8H2,1-2H3,(H,13,17)(H,15,16). The monoisotopic (exact) mass is 272 g/mol. The van der Waals surface area contributed by atoms with Crippen molar-refractivity contribution in [1.29, 1.82) is 0 Å². The molecule has 19 heavy (non-hydrogen) atoms. The molecule has 108 valence electrons. The van der Waals surface area contributed by atoms with Crippen LogP contribution in [0.4, 0.5) is 4.79 Å². The summed E-state index contributed by atoms with van der Waals surface area (Å²) in [5, 5.41) is 11.9. The van der Waals surface area contributed by atoms with Crippen molar-refractivity contribution in [2.75, 3.05) is 32.9 Å². The maximum Gasteiger partial charge on any atom is 0.332 e. The van der Waals surface area contributed by atoms with Gasteiger partial charge in [0, 0.05) is 19.6 Å². The first-order valence-electron chi connectivity index (χ1n) is 6.37. The Labute approximate surface area is 111 Å². The first-order valence-corrected chi connectivity index (χ1v) is 6.37. The van der Waals surface area contributed by atoms with Gasteiger partial charge < -0.3 is 24.8 Å². The SMILES string of the molecule is CC1(C)CN(C(=O)NC2(C(=O)O)CCOC2)CCO1. The maximum atomic E-state index is 12.2. The molecule has 2 heterocycles. The zero-order valence-corrected chi connectivity index (χ0v) is 11.3. The van der Waals surface area contributed by atoms with Gasteiger partial charge in [0.05, 0.1) is 25.4 Å². The van der Waals surface area contributed by atoms with Crippen LogP contribution in [0.15, 0.2) is 0 Å². The molecule has 2 amide bonds. The molecule has 0 spiro atoms. The van der Waals surface area contributed by atoms with Gasteiger partial charge in [-0.25, -0.2) is 9.59 Å². The molecule has 2 rings (SSSR count). The Morgan fingerprint density at radius 3 is 2.58 bits per heavy atom. The molecule has 1 atom stereocenters. The zero-order valence-electron chi connectivity index (χ0n) is 11.3. The van der Waals surface area contributed by atoms with Gasteiger partial charge in [0.15, 0.2) is 5.54 Å². The number of rotatable bonds is 2. The van der Waals surface area contributed by atoms with Gasteiger partial charge in [0.2, 0.25) is 0 Å². The lowest BCUT2D eigenvalue weighted by Gasteiger charge is -2.39. The third-order valence-electron chi connectivity index (χ3n) is 3.49. The second-order valence-electron chi connectivity index (χ2n) is 5.65. The summed E-state index contributed by atoms with van der Waals surface area (Å²) in [5.74, 6) is -1.05. The number of hydrogen-bond donors (Lipinski definition) is 2. The van der Waals surface area contributed by atoms with Crippen LogP contribution < -0.4 is 5.32 Å². The van der Waals surface area contributed by atoms with Crippen LogP contribution in [0.2, 0.25) is 0 Å². The van der Waals surface area contributed by atoms with E-state index < -0.39 is 17.1 Å². The van der Waals surface area contributed by atoms with Crippen LogP contribution in [0, 0.1) is 0 Å². The van der Waals surface area contributed by atoms with Gasteiger partial charge >= 0.3 is 12.0 Å². The van der Waals surface area contributed by atoms with Gasteiger partial charge in [-0.1, -0.05) is 0 Å². The van der Waals surface area contributed by atoms with Crippen LogP contribution in [-0.4, -0.2) is 66.1 Å². The van der Waals surface area contributed by atoms with Crippen molar-refractivity contribution in [3.05, 3.63) is 0 Å². The third kappa shape index (κ3) is 2.98. The van der Waals surface area contributed by atoms with Gasteiger partial charge in [-0.05, 0) is 13.8 Å². The van der Waals surface area contributed by atoms with E-state index in [4.69, 9.17) is 9.47 Å². The molecule has 0 saturated carbocycles. The molecule has 2 fully saturated rings. The van der Waals surface area contributed by atoms with E-state index in [9.17, 15) is 14.7 Å². The predicted octanol–water partition coefficient (Wildman–Crippen LogP) is 0.0505. The number of amides is 2. The highest BCUT2D eigenvalue weighted by Crippen LogP contribution is 2.21.